The van der Waals surface area contributed by atoms with Crippen molar-refractivity contribution in [2.45, 2.75) is 12.5 Å². The lowest BCUT2D eigenvalue weighted by atomic mass is 10.0. The molecule has 1 saturated heterocycles. The van der Waals surface area contributed by atoms with Crippen LogP contribution in [-0.2, 0) is 0 Å². The molecule has 0 radical (unpaired) electrons. The first-order valence-corrected chi connectivity index (χ1v) is 6.63. The maximum Gasteiger partial charge on any atom is 0.305 e. The Morgan fingerprint density at radius 3 is 2.59 bits per heavy atom. The number of nitrogens with zero attached hydrogens (tertiary/aromatic N) is 2. The van der Waals surface area contributed by atoms with Gasteiger partial charge in [0.15, 0.2) is 0 Å². The lowest BCUT2D eigenvalue weighted by molar-refractivity contribution is -0.387. The van der Waals surface area contributed by atoms with Crippen LogP contribution in [0.3, 0.4) is 0 Å². The third kappa shape index (κ3) is 4.91. The van der Waals surface area contributed by atoms with E-state index < -0.39 is 16.4 Å². The largest absolute Gasteiger partial charge is 0.314 e. The summed E-state index contributed by atoms with van der Waals surface area (Å²) in [5, 5.41) is 14.1. The van der Waals surface area contributed by atoms with Crippen LogP contribution in [0.15, 0.2) is 30.9 Å². The normalized spacial score (nSPS) is 16.0. The summed E-state index contributed by atoms with van der Waals surface area (Å²) in [4.78, 5) is 12.4. The van der Waals surface area contributed by atoms with Crippen LogP contribution in [0.2, 0.25) is 0 Å². The third-order valence-electron chi connectivity index (χ3n) is 3.53. The summed E-state index contributed by atoms with van der Waals surface area (Å²) in [5.74, 6) is -0.795. The average molecular weight is 352 g/mol. The number of piperazine rings is 1. The number of nitro benzene ring substituents is 1. The molecule has 0 saturated carbocycles. The van der Waals surface area contributed by atoms with E-state index in [0.717, 1.165) is 31.7 Å². The van der Waals surface area contributed by atoms with Crippen molar-refractivity contribution in [3.63, 3.8) is 0 Å². The van der Waals surface area contributed by atoms with E-state index in [0.29, 0.717) is 6.42 Å². The number of hydrogen-bond acceptors (Lipinski definition) is 4. The van der Waals surface area contributed by atoms with Gasteiger partial charge in [0.25, 0.3) is 0 Å². The molecule has 2 rings (SSSR count). The molecule has 5 nitrogen and oxygen atoms in total. The molecular weight excluding hydrogens is 332 g/mol. The Bertz CT molecular complexity index is 511. The highest BCUT2D eigenvalue weighted by molar-refractivity contribution is 5.85. The molecule has 1 aromatic rings. The standard InChI is InChI=1S/C14H18FN3O2.2ClH/c1-2-3-13(17-8-6-16-7-9-17)11-4-5-12(15)14(10-11)18(19)20;;/h2,4-5,10,13,16H,1,3,6-9H2;2*1H/t13-;;/m0../s1. The molecule has 1 fully saturated rings. The van der Waals surface area contributed by atoms with Gasteiger partial charge in [-0.25, -0.2) is 0 Å². The zero-order valence-corrected chi connectivity index (χ0v) is 13.7. The van der Waals surface area contributed by atoms with E-state index in [1.807, 2.05) is 0 Å². The van der Waals surface area contributed by atoms with Crippen LogP contribution >= 0.6 is 24.8 Å². The number of nitro groups is 1. The summed E-state index contributed by atoms with van der Waals surface area (Å²) >= 11 is 0. The summed E-state index contributed by atoms with van der Waals surface area (Å²) in [5.41, 5.74) is 0.298. The highest BCUT2D eigenvalue weighted by Gasteiger charge is 2.24. The highest BCUT2D eigenvalue weighted by atomic mass is 35.5. The molecule has 1 N–H and O–H groups in total. The molecular formula is C14H20Cl2FN3O2. The minimum absolute atomic E-state index is 0. The molecule has 22 heavy (non-hydrogen) atoms. The SMILES string of the molecule is C=CC[C@@H](c1ccc(F)c([N+](=O)[O-])c1)N1CCNCC1.Cl.Cl. The Morgan fingerprint density at radius 1 is 1.41 bits per heavy atom. The van der Waals surface area contributed by atoms with Crippen molar-refractivity contribution in [3.8, 4) is 0 Å². The van der Waals surface area contributed by atoms with Gasteiger partial charge in [-0.2, -0.15) is 4.39 Å². The van der Waals surface area contributed by atoms with Gasteiger partial charge in [0.1, 0.15) is 0 Å². The molecule has 1 heterocycles. The van der Waals surface area contributed by atoms with Crippen LogP contribution in [0.1, 0.15) is 18.0 Å². The second-order valence-electron chi connectivity index (χ2n) is 4.79. The van der Waals surface area contributed by atoms with E-state index in [-0.39, 0.29) is 30.9 Å². The second-order valence-corrected chi connectivity index (χ2v) is 4.79. The fourth-order valence-electron chi connectivity index (χ4n) is 2.52. The van der Waals surface area contributed by atoms with Crippen LogP contribution in [0.5, 0.6) is 0 Å². The molecule has 0 amide bonds. The smallest absolute Gasteiger partial charge is 0.305 e. The fraction of sp³-hybridized carbons (Fsp3) is 0.429. The zero-order chi connectivity index (χ0) is 14.5. The molecule has 0 spiro atoms. The molecule has 0 aromatic heterocycles. The van der Waals surface area contributed by atoms with Crippen molar-refractivity contribution in [2.24, 2.45) is 0 Å². The predicted octanol–water partition coefficient (Wildman–Crippen LogP) is 3.10. The lowest BCUT2D eigenvalue weighted by Gasteiger charge is -2.34. The molecule has 1 aliphatic rings. The quantitative estimate of drug-likeness (QED) is 0.503. The van der Waals surface area contributed by atoms with Gasteiger partial charge in [-0.3, -0.25) is 15.0 Å². The van der Waals surface area contributed by atoms with Gasteiger partial charge in [0.2, 0.25) is 5.82 Å². The van der Waals surface area contributed by atoms with Crippen molar-refractivity contribution in [2.75, 3.05) is 26.2 Å². The first-order chi connectivity index (χ1) is 9.63. The van der Waals surface area contributed by atoms with E-state index in [1.165, 1.54) is 12.1 Å². The van der Waals surface area contributed by atoms with Gasteiger partial charge in [0.05, 0.1) is 4.92 Å². The van der Waals surface area contributed by atoms with Gasteiger partial charge in [0, 0.05) is 38.3 Å². The highest BCUT2D eigenvalue weighted by Crippen LogP contribution is 2.29. The number of nitrogens with one attached hydrogen (secondary N) is 1. The van der Waals surface area contributed by atoms with Crippen molar-refractivity contribution in [1.29, 1.82) is 0 Å². The molecule has 8 heteroatoms. The Morgan fingerprint density at radius 2 is 2.05 bits per heavy atom. The summed E-state index contributed by atoms with van der Waals surface area (Å²) in [6.07, 6.45) is 2.48. The molecule has 1 aromatic carbocycles. The lowest BCUT2D eigenvalue weighted by Crippen LogP contribution is -2.45. The number of hydrogen-bond donors (Lipinski definition) is 1. The van der Waals surface area contributed by atoms with Gasteiger partial charge in [-0.15, -0.1) is 31.4 Å². The predicted molar refractivity (Wildman–Crippen MR) is 89.5 cm³/mol. The summed E-state index contributed by atoms with van der Waals surface area (Å²) in [6, 6.07) is 4.14. The molecule has 1 atom stereocenters. The molecule has 0 unspecified atom stereocenters. The third-order valence-corrected chi connectivity index (χ3v) is 3.53. The van der Waals surface area contributed by atoms with Crippen LogP contribution in [0.4, 0.5) is 10.1 Å². The van der Waals surface area contributed by atoms with Crippen molar-refractivity contribution in [1.82, 2.24) is 10.2 Å². The van der Waals surface area contributed by atoms with Crippen LogP contribution in [0.25, 0.3) is 0 Å². The van der Waals surface area contributed by atoms with E-state index in [4.69, 9.17) is 0 Å². The number of benzene rings is 1. The Hall–Kier alpha value is -1.21. The first kappa shape index (κ1) is 20.8. The zero-order valence-electron chi connectivity index (χ0n) is 12.0. The molecule has 0 bridgehead atoms. The summed E-state index contributed by atoms with van der Waals surface area (Å²) in [6.45, 7) is 7.25. The Kier molecular flexibility index (Phi) is 9.20. The maximum absolute atomic E-state index is 13.4. The molecule has 124 valence electrons. The van der Waals surface area contributed by atoms with E-state index in [9.17, 15) is 14.5 Å². The monoisotopic (exact) mass is 351 g/mol. The maximum atomic E-state index is 13.4. The van der Waals surface area contributed by atoms with E-state index in [2.05, 4.69) is 16.8 Å². The number of rotatable bonds is 5. The van der Waals surface area contributed by atoms with Gasteiger partial charge < -0.3 is 5.32 Å². The summed E-state index contributed by atoms with van der Waals surface area (Å²) in [7, 11) is 0. The van der Waals surface area contributed by atoms with E-state index in [1.54, 1.807) is 12.1 Å². The van der Waals surface area contributed by atoms with E-state index >= 15 is 0 Å². The molecule has 0 aliphatic carbocycles. The minimum Gasteiger partial charge on any atom is -0.314 e. The molecule has 1 aliphatic heterocycles. The Labute approximate surface area is 141 Å². The van der Waals surface area contributed by atoms with Crippen LogP contribution in [0, 0.1) is 15.9 Å². The van der Waals surface area contributed by atoms with Gasteiger partial charge >= 0.3 is 5.69 Å². The topological polar surface area (TPSA) is 58.4 Å². The van der Waals surface area contributed by atoms with Gasteiger partial charge in [-0.05, 0) is 18.1 Å². The second kappa shape index (κ2) is 9.74. The average Bonchev–Trinajstić information content (AvgIpc) is 2.46. The fourth-order valence-corrected chi connectivity index (χ4v) is 2.52. The Balaban J connectivity index is 0.00000220. The van der Waals surface area contributed by atoms with Crippen LogP contribution < -0.4 is 5.32 Å². The van der Waals surface area contributed by atoms with Crippen molar-refractivity contribution < 1.29 is 9.31 Å². The minimum atomic E-state index is -0.795. The first-order valence-electron chi connectivity index (χ1n) is 6.63. The van der Waals surface area contributed by atoms with Crippen LogP contribution in [-0.4, -0.2) is 36.0 Å². The van der Waals surface area contributed by atoms with Crippen molar-refractivity contribution >= 4 is 30.5 Å². The van der Waals surface area contributed by atoms with Crippen molar-refractivity contribution in [3.05, 3.63) is 52.3 Å². The van der Waals surface area contributed by atoms with Gasteiger partial charge in [-0.1, -0.05) is 12.1 Å². The summed E-state index contributed by atoms with van der Waals surface area (Å²) < 4.78 is 13.4. The number of halogens is 3.